The van der Waals surface area contributed by atoms with Crippen LogP contribution in [0.2, 0.25) is 0 Å². The van der Waals surface area contributed by atoms with Crippen molar-refractivity contribution < 1.29 is 14.2 Å². The number of hydrogen-bond acceptors (Lipinski definition) is 4. The fourth-order valence-corrected chi connectivity index (χ4v) is 3.45. The van der Waals surface area contributed by atoms with Crippen molar-refractivity contribution in [2.24, 2.45) is 0 Å². The zero-order valence-corrected chi connectivity index (χ0v) is 10.9. The molecule has 2 fully saturated rings. The summed E-state index contributed by atoms with van der Waals surface area (Å²) in [5.74, 6) is 2.51. The molecule has 0 aliphatic carbocycles. The molecule has 2 bridgehead atoms. The highest BCUT2D eigenvalue weighted by Gasteiger charge is 2.32. The van der Waals surface area contributed by atoms with Gasteiger partial charge in [-0.2, -0.15) is 0 Å². The number of hydrogen-bond donors (Lipinski definition) is 1. The van der Waals surface area contributed by atoms with E-state index in [4.69, 9.17) is 14.2 Å². The van der Waals surface area contributed by atoms with E-state index < -0.39 is 0 Å². The Morgan fingerprint density at radius 3 is 2.68 bits per heavy atom. The summed E-state index contributed by atoms with van der Waals surface area (Å²) in [6.07, 6.45) is 6.50. The minimum absolute atomic E-state index is 0.316. The first-order chi connectivity index (χ1) is 9.37. The summed E-state index contributed by atoms with van der Waals surface area (Å²) in [7, 11) is 0. The summed E-state index contributed by atoms with van der Waals surface area (Å²) < 4.78 is 16.8. The Hall–Kier alpha value is -1.42. The lowest BCUT2D eigenvalue weighted by molar-refractivity contribution is 0.0925. The van der Waals surface area contributed by atoms with Gasteiger partial charge in [-0.15, -0.1) is 0 Å². The number of fused-ring (bicyclic) bond motifs is 3. The molecular weight excluding hydrogens is 242 g/mol. The van der Waals surface area contributed by atoms with Crippen LogP contribution in [-0.4, -0.2) is 25.0 Å². The smallest absolute Gasteiger partial charge is 0.231 e. The Bertz CT molecular complexity index is 464. The van der Waals surface area contributed by atoms with Gasteiger partial charge in [0.05, 0.1) is 0 Å². The second kappa shape index (κ2) is 4.60. The summed E-state index contributed by atoms with van der Waals surface area (Å²) in [5, 5.41) is 3.69. The van der Waals surface area contributed by atoms with Crippen LogP contribution in [0.4, 0.5) is 0 Å². The first-order valence-corrected chi connectivity index (χ1v) is 7.19. The molecule has 4 heteroatoms. The molecular formula is C15H19NO3. The highest BCUT2D eigenvalue weighted by molar-refractivity contribution is 5.46. The molecule has 0 saturated carbocycles. The molecule has 0 amide bonds. The van der Waals surface area contributed by atoms with Crippen LogP contribution in [0.25, 0.3) is 0 Å². The SMILES string of the molecule is c1cc2c(cc1O[C@@H]1C[C@H]3CCC[C@@H](C1)N3)OCO2. The Balaban J connectivity index is 1.46. The quantitative estimate of drug-likeness (QED) is 0.887. The van der Waals surface area contributed by atoms with Crippen LogP contribution < -0.4 is 19.5 Å². The molecule has 0 unspecified atom stereocenters. The zero-order chi connectivity index (χ0) is 12.7. The van der Waals surface area contributed by atoms with E-state index in [0.29, 0.717) is 25.0 Å². The fraction of sp³-hybridized carbons (Fsp3) is 0.600. The Morgan fingerprint density at radius 2 is 1.84 bits per heavy atom. The maximum atomic E-state index is 6.14. The van der Waals surface area contributed by atoms with Gasteiger partial charge in [0.15, 0.2) is 11.5 Å². The van der Waals surface area contributed by atoms with Crippen LogP contribution >= 0.6 is 0 Å². The molecule has 3 aliphatic rings. The van der Waals surface area contributed by atoms with Gasteiger partial charge < -0.3 is 19.5 Å². The molecule has 1 aromatic carbocycles. The van der Waals surface area contributed by atoms with Crippen molar-refractivity contribution in [3.8, 4) is 17.2 Å². The van der Waals surface area contributed by atoms with Gasteiger partial charge in [0.25, 0.3) is 0 Å². The molecule has 2 saturated heterocycles. The van der Waals surface area contributed by atoms with Gasteiger partial charge >= 0.3 is 0 Å². The normalized spacial score (nSPS) is 32.1. The predicted octanol–water partition coefficient (Wildman–Crippen LogP) is 2.47. The minimum atomic E-state index is 0.316. The Morgan fingerprint density at radius 1 is 1.05 bits per heavy atom. The molecule has 0 spiro atoms. The van der Waals surface area contributed by atoms with Crippen LogP contribution in [0.1, 0.15) is 32.1 Å². The van der Waals surface area contributed by atoms with Gasteiger partial charge in [0.1, 0.15) is 11.9 Å². The molecule has 3 aliphatic heterocycles. The molecule has 0 aromatic heterocycles. The Labute approximate surface area is 113 Å². The van der Waals surface area contributed by atoms with Crippen molar-refractivity contribution in [1.29, 1.82) is 0 Å². The maximum absolute atomic E-state index is 6.14. The minimum Gasteiger partial charge on any atom is -0.490 e. The molecule has 3 heterocycles. The van der Waals surface area contributed by atoms with Gasteiger partial charge in [0.2, 0.25) is 6.79 Å². The average molecular weight is 261 g/mol. The second-order valence-corrected chi connectivity index (χ2v) is 5.72. The van der Waals surface area contributed by atoms with Crippen molar-refractivity contribution >= 4 is 0 Å². The second-order valence-electron chi connectivity index (χ2n) is 5.72. The van der Waals surface area contributed by atoms with Gasteiger partial charge in [-0.05, 0) is 37.8 Å². The van der Waals surface area contributed by atoms with Crippen LogP contribution in [0.5, 0.6) is 17.2 Å². The van der Waals surface area contributed by atoms with Gasteiger partial charge in [-0.1, -0.05) is 6.42 Å². The molecule has 4 nitrogen and oxygen atoms in total. The van der Waals surface area contributed by atoms with Crippen molar-refractivity contribution in [3.63, 3.8) is 0 Å². The van der Waals surface area contributed by atoms with Crippen molar-refractivity contribution in [1.82, 2.24) is 5.32 Å². The highest BCUT2D eigenvalue weighted by Crippen LogP contribution is 2.36. The van der Waals surface area contributed by atoms with Crippen LogP contribution in [-0.2, 0) is 0 Å². The van der Waals surface area contributed by atoms with Gasteiger partial charge in [-0.25, -0.2) is 0 Å². The third-order valence-electron chi connectivity index (χ3n) is 4.32. The van der Waals surface area contributed by atoms with E-state index in [9.17, 15) is 0 Å². The summed E-state index contributed by atoms with van der Waals surface area (Å²) >= 11 is 0. The molecule has 1 N–H and O–H groups in total. The number of ether oxygens (including phenoxy) is 3. The summed E-state index contributed by atoms with van der Waals surface area (Å²) in [6, 6.07) is 7.14. The largest absolute Gasteiger partial charge is 0.490 e. The average Bonchev–Trinajstić information content (AvgIpc) is 2.85. The van der Waals surface area contributed by atoms with Crippen molar-refractivity contribution in [3.05, 3.63) is 18.2 Å². The van der Waals surface area contributed by atoms with Gasteiger partial charge in [-0.3, -0.25) is 0 Å². The van der Waals surface area contributed by atoms with E-state index in [2.05, 4.69) is 5.32 Å². The van der Waals surface area contributed by atoms with Crippen LogP contribution in [0.15, 0.2) is 18.2 Å². The number of nitrogens with one attached hydrogen (secondary N) is 1. The summed E-state index contributed by atoms with van der Waals surface area (Å²) in [6.45, 7) is 0.316. The summed E-state index contributed by atoms with van der Waals surface area (Å²) in [4.78, 5) is 0. The van der Waals surface area contributed by atoms with Crippen LogP contribution in [0.3, 0.4) is 0 Å². The van der Waals surface area contributed by atoms with Crippen molar-refractivity contribution in [2.75, 3.05) is 6.79 Å². The molecule has 102 valence electrons. The van der Waals surface area contributed by atoms with E-state index in [-0.39, 0.29) is 0 Å². The third kappa shape index (κ3) is 2.25. The lowest BCUT2D eigenvalue weighted by atomic mass is 9.85. The van der Waals surface area contributed by atoms with E-state index in [1.54, 1.807) is 0 Å². The third-order valence-corrected chi connectivity index (χ3v) is 4.32. The van der Waals surface area contributed by atoms with E-state index in [1.165, 1.54) is 19.3 Å². The lowest BCUT2D eigenvalue weighted by Crippen LogP contribution is -2.51. The standard InChI is InChI=1S/C15H19NO3/c1-2-10-6-13(7-11(3-1)16-10)19-12-4-5-14-15(8-12)18-9-17-14/h4-5,8,10-11,13,16H,1-3,6-7,9H2/t10-,11+,13-. The Kier molecular flexibility index (Phi) is 2.76. The number of piperidine rings is 2. The highest BCUT2D eigenvalue weighted by atomic mass is 16.7. The monoisotopic (exact) mass is 261 g/mol. The van der Waals surface area contributed by atoms with E-state index >= 15 is 0 Å². The zero-order valence-electron chi connectivity index (χ0n) is 10.9. The number of benzene rings is 1. The van der Waals surface area contributed by atoms with Crippen molar-refractivity contribution in [2.45, 2.75) is 50.3 Å². The fourth-order valence-electron chi connectivity index (χ4n) is 3.45. The van der Waals surface area contributed by atoms with E-state index in [0.717, 1.165) is 30.1 Å². The topological polar surface area (TPSA) is 39.7 Å². The molecule has 1 aromatic rings. The van der Waals surface area contributed by atoms with Gasteiger partial charge in [0, 0.05) is 18.2 Å². The predicted molar refractivity (Wildman–Crippen MR) is 70.8 cm³/mol. The first kappa shape index (κ1) is 11.4. The lowest BCUT2D eigenvalue weighted by Gasteiger charge is -2.40. The molecule has 4 rings (SSSR count). The maximum Gasteiger partial charge on any atom is 0.231 e. The summed E-state index contributed by atoms with van der Waals surface area (Å²) in [5.41, 5.74) is 0. The molecule has 0 radical (unpaired) electrons. The van der Waals surface area contributed by atoms with E-state index in [1.807, 2.05) is 18.2 Å². The first-order valence-electron chi connectivity index (χ1n) is 7.19. The van der Waals surface area contributed by atoms with Crippen LogP contribution in [0, 0.1) is 0 Å². The number of rotatable bonds is 2. The molecule has 3 atom stereocenters. The molecule has 19 heavy (non-hydrogen) atoms.